The molecule has 1 aromatic heterocycles. The predicted octanol–water partition coefficient (Wildman–Crippen LogP) is 1.82. The van der Waals surface area contributed by atoms with E-state index in [4.69, 9.17) is 4.42 Å². The fourth-order valence-corrected chi connectivity index (χ4v) is 1.32. The highest BCUT2D eigenvalue weighted by Crippen LogP contribution is 2.18. The zero-order valence-corrected chi connectivity index (χ0v) is 8.81. The monoisotopic (exact) mass is 219 g/mol. The second kappa shape index (κ2) is 3.77. The Labute approximate surface area is 91.0 Å². The van der Waals surface area contributed by atoms with Gasteiger partial charge in [-0.2, -0.15) is 0 Å². The number of hydrogen-bond donors (Lipinski definition) is 0. The standard InChI is InChI=1S/C11H9NO4/c1-6(13)10-12-8-4-3-7(11(14)15-2)5-9(8)16-10/h3-5H,1-2H3. The number of rotatable bonds is 2. The van der Waals surface area contributed by atoms with Gasteiger partial charge in [-0.05, 0) is 18.2 Å². The summed E-state index contributed by atoms with van der Waals surface area (Å²) in [6.07, 6.45) is 0. The van der Waals surface area contributed by atoms with Gasteiger partial charge in [0.1, 0.15) is 5.52 Å². The maximum atomic E-state index is 11.2. The topological polar surface area (TPSA) is 69.4 Å². The molecule has 1 heterocycles. The normalized spacial score (nSPS) is 10.4. The molecule has 0 unspecified atom stereocenters. The summed E-state index contributed by atoms with van der Waals surface area (Å²) in [5, 5.41) is 0. The molecular weight excluding hydrogens is 210 g/mol. The maximum Gasteiger partial charge on any atom is 0.337 e. The smallest absolute Gasteiger partial charge is 0.337 e. The lowest BCUT2D eigenvalue weighted by Crippen LogP contribution is -2.00. The number of fused-ring (bicyclic) bond motifs is 1. The van der Waals surface area contributed by atoms with Crippen molar-refractivity contribution >= 4 is 22.9 Å². The van der Waals surface area contributed by atoms with E-state index in [0.717, 1.165) is 0 Å². The summed E-state index contributed by atoms with van der Waals surface area (Å²) in [5.41, 5.74) is 1.30. The Balaban J connectivity index is 2.53. The van der Waals surface area contributed by atoms with Crippen molar-refractivity contribution in [3.8, 4) is 0 Å². The van der Waals surface area contributed by atoms with E-state index in [1.54, 1.807) is 12.1 Å². The number of Topliss-reactive ketones (excluding diaryl/α,β-unsaturated/α-hetero) is 1. The minimum absolute atomic E-state index is 0.0389. The lowest BCUT2D eigenvalue weighted by atomic mass is 10.2. The van der Waals surface area contributed by atoms with Crippen LogP contribution in [0.4, 0.5) is 0 Å². The van der Waals surface area contributed by atoms with Gasteiger partial charge in [0.15, 0.2) is 5.58 Å². The third-order valence-electron chi connectivity index (χ3n) is 2.11. The van der Waals surface area contributed by atoms with Crippen molar-refractivity contribution in [2.24, 2.45) is 0 Å². The molecule has 0 aliphatic heterocycles. The summed E-state index contributed by atoms with van der Waals surface area (Å²) < 4.78 is 9.77. The second-order valence-corrected chi connectivity index (χ2v) is 3.25. The first-order valence-corrected chi connectivity index (χ1v) is 4.61. The summed E-state index contributed by atoms with van der Waals surface area (Å²) in [6.45, 7) is 1.37. The van der Waals surface area contributed by atoms with Crippen molar-refractivity contribution < 1.29 is 18.7 Å². The van der Waals surface area contributed by atoms with E-state index in [-0.39, 0.29) is 11.7 Å². The zero-order chi connectivity index (χ0) is 11.7. The van der Waals surface area contributed by atoms with E-state index in [2.05, 4.69) is 9.72 Å². The summed E-state index contributed by atoms with van der Waals surface area (Å²) in [4.78, 5) is 26.3. The van der Waals surface area contributed by atoms with Gasteiger partial charge in [-0.1, -0.05) is 0 Å². The van der Waals surface area contributed by atoms with Crippen molar-refractivity contribution in [3.63, 3.8) is 0 Å². The average Bonchev–Trinajstić information content (AvgIpc) is 2.70. The summed E-state index contributed by atoms with van der Waals surface area (Å²) >= 11 is 0. The van der Waals surface area contributed by atoms with Gasteiger partial charge in [0.2, 0.25) is 5.78 Å². The molecule has 2 aromatic rings. The lowest BCUT2D eigenvalue weighted by Gasteiger charge is -1.96. The number of benzene rings is 1. The molecule has 16 heavy (non-hydrogen) atoms. The molecule has 2 rings (SSSR count). The first kappa shape index (κ1) is 10.4. The number of ketones is 1. The van der Waals surface area contributed by atoms with Gasteiger partial charge in [-0.25, -0.2) is 9.78 Å². The van der Waals surface area contributed by atoms with Crippen molar-refractivity contribution in [1.82, 2.24) is 4.98 Å². The Morgan fingerprint density at radius 2 is 2.12 bits per heavy atom. The van der Waals surface area contributed by atoms with Gasteiger partial charge in [-0.15, -0.1) is 0 Å². The molecule has 0 radical (unpaired) electrons. The van der Waals surface area contributed by atoms with Gasteiger partial charge in [0, 0.05) is 6.92 Å². The van der Waals surface area contributed by atoms with Crippen LogP contribution in [0.25, 0.3) is 11.1 Å². The van der Waals surface area contributed by atoms with E-state index >= 15 is 0 Å². The first-order valence-electron chi connectivity index (χ1n) is 4.61. The Bertz CT molecular complexity index is 570. The number of hydrogen-bond acceptors (Lipinski definition) is 5. The maximum absolute atomic E-state index is 11.2. The van der Waals surface area contributed by atoms with Crippen LogP contribution in [0.3, 0.4) is 0 Å². The van der Waals surface area contributed by atoms with Crippen LogP contribution in [0.5, 0.6) is 0 Å². The Kier molecular flexibility index (Phi) is 2.44. The van der Waals surface area contributed by atoms with Crippen LogP contribution >= 0.6 is 0 Å². The third kappa shape index (κ3) is 1.67. The minimum Gasteiger partial charge on any atom is -0.465 e. The molecule has 0 N–H and O–H groups in total. The number of carbonyl (C=O) groups excluding carboxylic acids is 2. The van der Waals surface area contributed by atoms with E-state index in [9.17, 15) is 9.59 Å². The van der Waals surface area contributed by atoms with Crippen LogP contribution in [0.15, 0.2) is 22.6 Å². The van der Waals surface area contributed by atoms with Crippen molar-refractivity contribution in [2.75, 3.05) is 7.11 Å². The highest BCUT2D eigenvalue weighted by atomic mass is 16.5. The molecule has 82 valence electrons. The Morgan fingerprint density at radius 1 is 1.38 bits per heavy atom. The van der Waals surface area contributed by atoms with Gasteiger partial charge < -0.3 is 9.15 Å². The van der Waals surface area contributed by atoms with Crippen LogP contribution in [0.1, 0.15) is 28.0 Å². The number of carbonyl (C=O) groups is 2. The number of nitrogens with zero attached hydrogens (tertiary/aromatic N) is 1. The van der Waals surface area contributed by atoms with E-state index in [1.807, 2.05) is 0 Å². The van der Waals surface area contributed by atoms with Crippen molar-refractivity contribution in [1.29, 1.82) is 0 Å². The molecule has 0 bridgehead atoms. The minimum atomic E-state index is -0.456. The fraction of sp³-hybridized carbons (Fsp3) is 0.182. The summed E-state index contributed by atoms with van der Waals surface area (Å²) in [6, 6.07) is 4.68. The van der Waals surface area contributed by atoms with Crippen LogP contribution in [-0.2, 0) is 4.74 Å². The molecule has 0 saturated carbocycles. The molecule has 1 aromatic carbocycles. The number of ether oxygens (including phenoxy) is 1. The Morgan fingerprint density at radius 3 is 2.75 bits per heavy atom. The lowest BCUT2D eigenvalue weighted by molar-refractivity contribution is 0.0600. The van der Waals surface area contributed by atoms with Crippen LogP contribution in [0.2, 0.25) is 0 Å². The molecule has 5 heteroatoms. The molecule has 0 fully saturated rings. The molecule has 0 aliphatic rings. The van der Waals surface area contributed by atoms with Crippen molar-refractivity contribution in [3.05, 3.63) is 29.7 Å². The quantitative estimate of drug-likeness (QED) is 0.569. The van der Waals surface area contributed by atoms with Crippen LogP contribution in [0, 0.1) is 0 Å². The predicted molar refractivity (Wildman–Crippen MR) is 55.4 cm³/mol. The van der Waals surface area contributed by atoms with E-state index in [0.29, 0.717) is 16.7 Å². The van der Waals surface area contributed by atoms with Gasteiger partial charge in [0.25, 0.3) is 5.89 Å². The number of aromatic nitrogens is 1. The van der Waals surface area contributed by atoms with Gasteiger partial charge >= 0.3 is 5.97 Å². The zero-order valence-electron chi connectivity index (χ0n) is 8.81. The molecule has 5 nitrogen and oxygen atoms in total. The van der Waals surface area contributed by atoms with Crippen LogP contribution < -0.4 is 0 Å². The van der Waals surface area contributed by atoms with Gasteiger partial charge in [-0.3, -0.25) is 4.79 Å². The molecule has 0 saturated heterocycles. The second-order valence-electron chi connectivity index (χ2n) is 3.25. The highest BCUT2D eigenvalue weighted by molar-refractivity contribution is 5.95. The molecule has 0 atom stereocenters. The van der Waals surface area contributed by atoms with E-state index < -0.39 is 5.97 Å². The number of methoxy groups -OCH3 is 1. The largest absolute Gasteiger partial charge is 0.465 e. The Hall–Kier alpha value is -2.17. The molecule has 0 amide bonds. The summed E-state index contributed by atoms with van der Waals surface area (Å²) in [7, 11) is 1.30. The SMILES string of the molecule is COC(=O)c1ccc2nc(C(C)=O)oc2c1. The molecule has 0 spiro atoms. The molecular formula is C11H9NO4. The van der Waals surface area contributed by atoms with Crippen LogP contribution in [-0.4, -0.2) is 23.8 Å². The average molecular weight is 219 g/mol. The van der Waals surface area contributed by atoms with Crippen molar-refractivity contribution in [2.45, 2.75) is 6.92 Å². The van der Waals surface area contributed by atoms with Gasteiger partial charge in [0.05, 0.1) is 12.7 Å². The summed E-state index contributed by atoms with van der Waals surface area (Å²) in [5.74, 6) is -0.671. The number of oxazole rings is 1. The number of esters is 1. The first-order chi connectivity index (χ1) is 7.61. The highest BCUT2D eigenvalue weighted by Gasteiger charge is 2.12. The third-order valence-corrected chi connectivity index (χ3v) is 2.11. The fourth-order valence-electron chi connectivity index (χ4n) is 1.32. The van der Waals surface area contributed by atoms with E-state index in [1.165, 1.54) is 20.1 Å². The molecule has 0 aliphatic carbocycles.